The number of benzene rings is 1. The van der Waals surface area contributed by atoms with E-state index in [0.29, 0.717) is 37.3 Å². The maximum Gasteiger partial charge on any atom is 0.312 e. The van der Waals surface area contributed by atoms with Crippen LogP contribution >= 0.6 is 0 Å². The second-order valence-electron chi connectivity index (χ2n) is 6.47. The lowest BCUT2D eigenvalue weighted by Gasteiger charge is -2.40. The Morgan fingerprint density at radius 3 is 2.44 bits per heavy atom. The Hall–Kier alpha value is -2.37. The number of rotatable bonds is 5. The van der Waals surface area contributed by atoms with Gasteiger partial charge >= 0.3 is 5.97 Å². The van der Waals surface area contributed by atoms with Crippen molar-refractivity contribution < 1.29 is 9.53 Å². The summed E-state index contributed by atoms with van der Waals surface area (Å²) in [7, 11) is 5.65. The lowest BCUT2D eigenvalue weighted by Crippen LogP contribution is -2.47. The SMILES string of the molecule is [B]c1cnc(N2CCC(Cc3ccccc3)(C(=O)OCC)CC2)nc1. The van der Waals surface area contributed by atoms with Crippen molar-refractivity contribution in [3.63, 3.8) is 0 Å². The van der Waals surface area contributed by atoms with E-state index in [2.05, 4.69) is 27.0 Å². The van der Waals surface area contributed by atoms with Gasteiger partial charge in [-0.2, -0.15) is 0 Å². The van der Waals surface area contributed by atoms with Gasteiger partial charge in [0.25, 0.3) is 0 Å². The summed E-state index contributed by atoms with van der Waals surface area (Å²) in [5.41, 5.74) is 1.22. The molecule has 1 aliphatic heterocycles. The summed E-state index contributed by atoms with van der Waals surface area (Å²) in [4.78, 5) is 23.4. The van der Waals surface area contributed by atoms with Crippen LogP contribution < -0.4 is 10.4 Å². The highest BCUT2D eigenvalue weighted by Crippen LogP contribution is 2.37. The molecule has 1 aromatic heterocycles. The Labute approximate surface area is 149 Å². The van der Waals surface area contributed by atoms with E-state index in [1.165, 1.54) is 0 Å². The minimum absolute atomic E-state index is 0.100. The maximum absolute atomic E-state index is 12.7. The fourth-order valence-corrected chi connectivity index (χ4v) is 3.35. The molecule has 0 atom stereocenters. The third kappa shape index (κ3) is 4.01. The molecule has 0 spiro atoms. The molecular formula is C19H22BN3O2. The van der Waals surface area contributed by atoms with E-state index in [-0.39, 0.29) is 5.97 Å². The van der Waals surface area contributed by atoms with Gasteiger partial charge in [0.1, 0.15) is 7.85 Å². The van der Waals surface area contributed by atoms with Crippen LogP contribution in [0.4, 0.5) is 5.95 Å². The summed E-state index contributed by atoms with van der Waals surface area (Å²) in [6.45, 7) is 3.69. The number of carbonyl (C=O) groups excluding carboxylic acids is 1. The Bertz CT molecular complexity index is 698. The topological polar surface area (TPSA) is 55.3 Å². The minimum atomic E-state index is -0.484. The smallest absolute Gasteiger partial charge is 0.312 e. The van der Waals surface area contributed by atoms with Crippen molar-refractivity contribution in [1.29, 1.82) is 0 Å². The quantitative estimate of drug-likeness (QED) is 0.614. The van der Waals surface area contributed by atoms with E-state index in [1.54, 1.807) is 12.4 Å². The average Bonchev–Trinajstić information content (AvgIpc) is 2.64. The number of nitrogens with zero attached hydrogens (tertiary/aromatic N) is 3. The first kappa shape index (κ1) is 17.5. The van der Waals surface area contributed by atoms with E-state index in [1.807, 2.05) is 25.1 Å². The average molecular weight is 335 g/mol. The highest BCUT2D eigenvalue weighted by molar-refractivity contribution is 6.31. The van der Waals surface area contributed by atoms with E-state index in [9.17, 15) is 4.79 Å². The highest BCUT2D eigenvalue weighted by Gasteiger charge is 2.43. The van der Waals surface area contributed by atoms with Gasteiger partial charge in [0.05, 0.1) is 12.0 Å². The van der Waals surface area contributed by atoms with Gasteiger partial charge < -0.3 is 9.64 Å². The van der Waals surface area contributed by atoms with Crippen molar-refractivity contribution in [2.24, 2.45) is 5.41 Å². The van der Waals surface area contributed by atoms with Crippen molar-refractivity contribution in [3.05, 3.63) is 48.3 Å². The van der Waals surface area contributed by atoms with E-state index >= 15 is 0 Å². The molecule has 0 bridgehead atoms. The zero-order valence-electron chi connectivity index (χ0n) is 14.5. The fraction of sp³-hybridized carbons (Fsp3) is 0.421. The van der Waals surface area contributed by atoms with Crippen molar-refractivity contribution in [2.75, 3.05) is 24.6 Å². The number of aromatic nitrogens is 2. The van der Waals surface area contributed by atoms with E-state index in [4.69, 9.17) is 12.6 Å². The maximum atomic E-state index is 12.7. The third-order valence-corrected chi connectivity index (χ3v) is 4.76. The van der Waals surface area contributed by atoms with Crippen molar-refractivity contribution in [1.82, 2.24) is 9.97 Å². The zero-order valence-corrected chi connectivity index (χ0v) is 14.5. The van der Waals surface area contributed by atoms with Gasteiger partial charge in [-0.3, -0.25) is 4.79 Å². The molecule has 6 heteroatoms. The molecule has 128 valence electrons. The molecule has 1 aromatic carbocycles. The Morgan fingerprint density at radius 1 is 1.20 bits per heavy atom. The molecule has 2 heterocycles. The van der Waals surface area contributed by atoms with Crippen LogP contribution in [0.1, 0.15) is 25.3 Å². The molecule has 1 aliphatic rings. The van der Waals surface area contributed by atoms with Gasteiger partial charge in [0.15, 0.2) is 0 Å². The van der Waals surface area contributed by atoms with Crippen LogP contribution in [0.25, 0.3) is 0 Å². The normalized spacial score (nSPS) is 16.4. The van der Waals surface area contributed by atoms with Gasteiger partial charge in [0, 0.05) is 25.5 Å². The van der Waals surface area contributed by atoms with Crippen molar-refractivity contribution >= 4 is 25.2 Å². The number of hydrogen-bond donors (Lipinski definition) is 0. The molecule has 1 saturated heterocycles. The minimum Gasteiger partial charge on any atom is -0.466 e. The summed E-state index contributed by atoms with van der Waals surface area (Å²) >= 11 is 0. The number of anilines is 1. The molecule has 0 aliphatic carbocycles. The molecule has 0 N–H and O–H groups in total. The highest BCUT2D eigenvalue weighted by atomic mass is 16.5. The van der Waals surface area contributed by atoms with E-state index in [0.717, 1.165) is 18.7 Å². The van der Waals surface area contributed by atoms with Crippen LogP contribution in [0.3, 0.4) is 0 Å². The van der Waals surface area contributed by atoms with Crippen molar-refractivity contribution in [2.45, 2.75) is 26.2 Å². The standard InChI is InChI=1S/C19H22BN3O2/c1-2-25-17(24)19(12-15-6-4-3-5-7-15)8-10-23(11-9-19)18-21-13-16(20)14-22-18/h3-7,13-14H,2,8-12H2,1H3. The summed E-state index contributed by atoms with van der Waals surface area (Å²) in [5, 5.41) is 0. The molecule has 0 amide bonds. The lowest BCUT2D eigenvalue weighted by molar-refractivity contribution is -0.156. The van der Waals surface area contributed by atoms with E-state index < -0.39 is 5.41 Å². The summed E-state index contributed by atoms with van der Waals surface area (Å²) < 4.78 is 5.41. The molecular weight excluding hydrogens is 313 g/mol. The predicted molar refractivity (Wildman–Crippen MR) is 98.1 cm³/mol. The van der Waals surface area contributed by atoms with Crippen LogP contribution in [0.15, 0.2) is 42.7 Å². The Kier molecular flexibility index (Phi) is 5.36. The van der Waals surface area contributed by atoms with Gasteiger partial charge in [-0.05, 0) is 31.7 Å². The molecule has 1 fully saturated rings. The largest absolute Gasteiger partial charge is 0.466 e. The van der Waals surface area contributed by atoms with Crippen molar-refractivity contribution in [3.8, 4) is 0 Å². The monoisotopic (exact) mass is 335 g/mol. The van der Waals surface area contributed by atoms with Crippen LogP contribution in [0.5, 0.6) is 0 Å². The van der Waals surface area contributed by atoms with Gasteiger partial charge in [-0.15, -0.1) is 0 Å². The van der Waals surface area contributed by atoms with Crippen LogP contribution in [0.2, 0.25) is 0 Å². The van der Waals surface area contributed by atoms with Crippen LogP contribution in [0, 0.1) is 5.41 Å². The predicted octanol–water partition coefficient (Wildman–Crippen LogP) is 1.66. The number of piperidine rings is 1. The van der Waals surface area contributed by atoms with Crippen LogP contribution in [-0.4, -0.2) is 43.5 Å². The first-order valence-corrected chi connectivity index (χ1v) is 8.66. The van der Waals surface area contributed by atoms with Gasteiger partial charge in [-0.25, -0.2) is 9.97 Å². The molecule has 2 aromatic rings. The fourth-order valence-electron chi connectivity index (χ4n) is 3.35. The summed E-state index contributed by atoms with van der Waals surface area (Å²) in [5.74, 6) is 0.558. The van der Waals surface area contributed by atoms with Crippen LogP contribution in [-0.2, 0) is 16.0 Å². The van der Waals surface area contributed by atoms with Gasteiger partial charge in [-0.1, -0.05) is 35.8 Å². The third-order valence-electron chi connectivity index (χ3n) is 4.76. The second-order valence-corrected chi connectivity index (χ2v) is 6.47. The molecule has 2 radical (unpaired) electrons. The molecule has 0 saturated carbocycles. The molecule has 3 rings (SSSR count). The lowest BCUT2D eigenvalue weighted by atomic mass is 9.73. The van der Waals surface area contributed by atoms with Gasteiger partial charge in [0.2, 0.25) is 5.95 Å². The number of hydrogen-bond acceptors (Lipinski definition) is 5. The Morgan fingerprint density at radius 2 is 1.84 bits per heavy atom. The first-order valence-electron chi connectivity index (χ1n) is 8.66. The molecule has 0 unspecified atom stereocenters. The summed E-state index contributed by atoms with van der Waals surface area (Å²) in [6.07, 6.45) is 5.35. The number of carbonyl (C=O) groups is 1. The second kappa shape index (κ2) is 7.68. The first-order chi connectivity index (χ1) is 12.1. The number of ether oxygens (including phenoxy) is 1. The Balaban J connectivity index is 1.76. The summed E-state index contributed by atoms with van der Waals surface area (Å²) in [6, 6.07) is 10.1. The zero-order chi connectivity index (χ0) is 17.7. The number of esters is 1. The molecule has 5 nitrogen and oxygen atoms in total. The molecule has 25 heavy (non-hydrogen) atoms.